The highest BCUT2D eigenvalue weighted by molar-refractivity contribution is 6.03. The van der Waals surface area contributed by atoms with Crippen LogP contribution in [-0.2, 0) is 11.8 Å². The molecule has 1 aliphatic carbocycles. The Morgan fingerprint density at radius 3 is 2.32 bits per heavy atom. The fraction of sp³-hybridized carbons (Fsp3) is 0.308. The average Bonchev–Trinajstić information content (AvgIpc) is 2.63. The normalized spacial score (nSPS) is 15.0. The van der Waals surface area contributed by atoms with Crippen molar-refractivity contribution in [3.8, 4) is 11.3 Å². The van der Waals surface area contributed by atoms with Crippen LogP contribution in [0.5, 0.6) is 0 Å². The molecule has 28 heavy (non-hydrogen) atoms. The van der Waals surface area contributed by atoms with Gasteiger partial charge in [-0.3, -0.25) is 9.97 Å². The van der Waals surface area contributed by atoms with E-state index in [2.05, 4.69) is 83.1 Å². The zero-order valence-corrected chi connectivity index (χ0v) is 17.3. The van der Waals surface area contributed by atoms with Gasteiger partial charge in [-0.1, -0.05) is 58.9 Å². The first-order chi connectivity index (χ1) is 13.2. The van der Waals surface area contributed by atoms with E-state index >= 15 is 0 Å². The summed E-state index contributed by atoms with van der Waals surface area (Å²) in [5, 5.41) is 5.00. The third-order valence-electron chi connectivity index (χ3n) is 5.92. The van der Waals surface area contributed by atoms with Crippen molar-refractivity contribution < 1.29 is 0 Å². The van der Waals surface area contributed by atoms with Crippen LogP contribution in [0.3, 0.4) is 0 Å². The quantitative estimate of drug-likeness (QED) is 0.375. The second-order valence-corrected chi connectivity index (χ2v) is 9.83. The summed E-state index contributed by atoms with van der Waals surface area (Å²) in [5.74, 6) is 0. The third kappa shape index (κ3) is 2.55. The molecule has 0 amide bonds. The van der Waals surface area contributed by atoms with Gasteiger partial charge >= 0.3 is 0 Å². The SMILES string of the molecule is CC(C)(C)Cc1cc2ccnc3c2c(n1)C(C)(C)c1cc2ccccc2cc1-3. The number of pyridine rings is 2. The molecule has 2 nitrogen and oxygen atoms in total. The maximum atomic E-state index is 5.21. The molecule has 0 bridgehead atoms. The monoisotopic (exact) mass is 366 g/mol. The zero-order chi connectivity index (χ0) is 19.7. The van der Waals surface area contributed by atoms with Crippen LogP contribution < -0.4 is 0 Å². The molecule has 0 N–H and O–H groups in total. The van der Waals surface area contributed by atoms with Crippen molar-refractivity contribution in [1.29, 1.82) is 0 Å². The predicted octanol–water partition coefficient (Wildman–Crippen LogP) is 6.68. The predicted molar refractivity (Wildman–Crippen MR) is 118 cm³/mol. The summed E-state index contributed by atoms with van der Waals surface area (Å²) < 4.78 is 0. The fourth-order valence-electron chi connectivity index (χ4n) is 4.63. The topological polar surface area (TPSA) is 25.8 Å². The maximum absolute atomic E-state index is 5.21. The van der Waals surface area contributed by atoms with Crippen LogP contribution in [0.1, 0.15) is 51.6 Å². The van der Waals surface area contributed by atoms with Gasteiger partial charge in [-0.15, -0.1) is 0 Å². The lowest BCUT2D eigenvalue weighted by atomic mass is 9.71. The Bertz CT molecular complexity index is 1240. The minimum atomic E-state index is -0.165. The average molecular weight is 367 g/mol. The zero-order valence-electron chi connectivity index (χ0n) is 17.3. The summed E-state index contributed by atoms with van der Waals surface area (Å²) in [7, 11) is 0. The minimum absolute atomic E-state index is 0.165. The van der Waals surface area contributed by atoms with Crippen molar-refractivity contribution in [3.63, 3.8) is 0 Å². The van der Waals surface area contributed by atoms with E-state index in [4.69, 9.17) is 9.97 Å². The van der Waals surface area contributed by atoms with E-state index in [1.165, 1.54) is 38.4 Å². The van der Waals surface area contributed by atoms with E-state index in [0.29, 0.717) is 0 Å². The second kappa shape index (κ2) is 5.64. The van der Waals surface area contributed by atoms with Crippen LogP contribution in [-0.4, -0.2) is 9.97 Å². The number of fused-ring (bicyclic) bond motifs is 3. The van der Waals surface area contributed by atoms with Gasteiger partial charge in [0.05, 0.1) is 11.4 Å². The summed E-state index contributed by atoms with van der Waals surface area (Å²) in [4.78, 5) is 10.0. The maximum Gasteiger partial charge on any atom is 0.0802 e. The van der Waals surface area contributed by atoms with E-state index in [1.54, 1.807) is 0 Å². The largest absolute Gasteiger partial charge is 0.256 e. The van der Waals surface area contributed by atoms with Crippen LogP contribution in [0.2, 0.25) is 0 Å². The van der Waals surface area contributed by atoms with E-state index in [-0.39, 0.29) is 10.8 Å². The Hall–Kier alpha value is -2.74. The van der Waals surface area contributed by atoms with Gasteiger partial charge in [-0.05, 0) is 57.8 Å². The first-order valence-electron chi connectivity index (χ1n) is 10.1. The molecule has 0 radical (unpaired) electrons. The molecule has 0 fully saturated rings. The lowest BCUT2D eigenvalue weighted by Crippen LogP contribution is -2.26. The summed E-state index contributed by atoms with van der Waals surface area (Å²) in [5.41, 5.74) is 6.01. The van der Waals surface area contributed by atoms with Crippen LogP contribution in [0, 0.1) is 5.41 Å². The molecule has 4 aromatic rings. The standard InChI is InChI=1S/C26H26N2/c1-25(2,3)15-19-12-18-10-11-27-23-20-13-16-8-6-7-9-17(16)14-21(20)26(4,5)24(28-19)22(18)23/h6-14H,15H2,1-5H3. The van der Waals surface area contributed by atoms with Crippen LogP contribution >= 0.6 is 0 Å². The van der Waals surface area contributed by atoms with Gasteiger partial charge < -0.3 is 0 Å². The van der Waals surface area contributed by atoms with Crippen molar-refractivity contribution >= 4 is 21.5 Å². The van der Waals surface area contributed by atoms with Crippen molar-refractivity contribution in [2.24, 2.45) is 5.41 Å². The molecule has 0 atom stereocenters. The Morgan fingerprint density at radius 2 is 1.61 bits per heavy atom. The Morgan fingerprint density at radius 1 is 0.893 bits per heavy atom. The van der Waals surface area contributed by atoms with E-state index in [0.717, 1.165) is 17.8 Å². The number of hydrogen-bond acceptors (Lipinski definition) is 2. The summed E-state index contributed by atoms with van der Waals surface area (Å²) in [6, 6.07) is 17.6. The van der Waals surface area contributed by atoms with Gasteiger partial charge in [0.15, 0.2) is 0 Å². The summed E-state index contributed by atoms with van der Waals surface area (Å²) in [6.07, 6.45) is 2.91. The molecule has 0 unspecified atom stereocenters. The molecule has 2 aromatic heterocycles. The van der Waals surface area contributed by atoms with Gasteiger partial charge in [0.25, 0.3) is 0 Å². The molecule has 0 spiro atoms. The fourth-order valence-corrected chi connectivity index (χ4v) is 4.63. The molecule has 140 valence electrons. The molecule has 2 aromatic carbocycles. The number of rotatable bonds is 1. The van der Waals surface area contributed by atoms with Gasteiger partial charge in [0.1, 0.15) is 0 Å². The number of hydrogen-bond donors (Lipinski definition) is 0. The molecule has 1 aliphatic rings. The van der Waals surface area contributed by atoms with Crippen molar-refractivity contribution in [3.05, 3.63) is 71.7 Å². The molecule has 0 saturated carbocycles. The third-order valence-corrected chi connectivity index (χ3v) is 5.92. The molecule has 0 aliphatic heterocycles. The summed E-state index contributed by atoms with van der Waals surface area (Å²) >= 11 is 0. The molecule has 5 rings (SSSR count). The number of aromatic nitrogens is 2. The highest BCUT2D eigenvalue weighted by atomic mass is 14.8. The van der Waals surface area contributed by atoms with E-state index in [9.17, 15) is 0 Å². The van der Waals surface area contributed by atoms with E-state index in [1.807, 2.05) is 6.20 Å². The molecular formula is C26H26N2. The van der Waals surface area contributed by atoms with Crippen LogP contribution in [0.15, 0.2) is 54.7 Å². The molecular weight excluding hydrogens is 340 g/mol. The summed E-state index contributed by atoms with van der Waals surface area (Å²) in [6.45, 7) is 11.4. The first kappa shape index (κ1) is 17.4. The Kier molecular flexibility index (Phi) is 3.49. The lowest BCUT2D eigenvalue weighted by Gasteiger charge is -2.34. The number of benzene rings is 2. The van der Waals surface area contributed by atoms with Gasteiger partial charge in [0.2, 0.25) is 0 Å². The van der Waals surface area contributed by atoms with Crippen molar-refractivity contribution in [1.82, 2.24) is 9.97 Å². The van der Waals surface area contributed by atoms with Crippen molar-refractivity contribution in [2.45, 2.75) is 46.5 Å². The van der Waals surface area contributed by atoms with Crippen LogP contribution in [0.25, 0.3) is 32.8 Å². The first-order valence-corrected chi connectivity index (χ1v) is 10.1. The highest BCUT2D eigenvalue weighted by Crippen LogP contribution is 2.48. The second-order valence-electron chi connectivity index (χ2n) is 9.83. The molecule has 0 saturated heterocycles. The Labute approximate surface area is 166 Å². The molecule has 2 heterocycles. The molecule has 2 heteroatoms. The highest BCUT2D eigenvalue weighted by Gasteiger charge is 2.36. The smallest absolute Gasteiger partial charge is 0.0802 e. The van der Waals surface area contributed by atoms with Crippen molar-refractivity contribution in [2.75, 3.05) is 0 Å². The minimum Gasteiger partial charge on any atom is -0.256 e. The van der Waals surface area contributed by atoms with Gasteiger partial charge in [-0.25, -0.2) is 0 Å². The van der Waals surface area contributed by atoms with Gasteiger partial charge in [-0.2, -0.15) is 0 Å². The van der Waals surface area contributed by atoms with Crippen LogP contribution in [0.4, 0.5) is 0 Å². The Balaban J connectivity index is 1.87. The van der Waals surface area contributed by atoms with E-state index < -0.39 is 0 Å². The number of nitrogens with zero attached hydrogens (tertiary/aromatic N) is 2. The van der Waals surface area contributed by atoms with Gasteiger partial charge in [0, 0.05) is 28.3 Å². The lowest BCUT2D eigenvalue weighted by molar-refractivity contribution is 0.405.